The van der Waals surface area contributed by atoms with Gasteiger partial charge in [-0.1, -0.05) is 22.9 Å². The summed E-state index contributed by atoms with van der Waals surface area (Å²) in [6.45, 7) is 3.03. The number of ether oxygens (including phenoxy) is 2. The standard InChI is InChI=1S/C21H21ClN4O3S/c22-13-1-6-19-18(9-13)24-21(30-19)29-17-4-2-16(3-5-17)28-8-7-25-11-15-10-14(25)12-26(15)20(23)27/h1-6,9,14-15H,7-8,10-12H2,(H2,23,27)/t14?,15-/m1/s1. The normalized spacial score (nSPS) is 20.8. The van der Waals surface area contributed by atoms with Gasteiger partial charge in [-0.25, -0.2) is 9.78 Å². The van der Waals surface area contributed by atoms with Crippen molar-refractivity contribution in [3.63, 3.8) is 0 Å². The van der Waals surface area contributed by atoms with E-state index in [1.807, 2.05) is 42.5 Å². The Kier molecular flexibility index (Phi) is 5.14. The molecule has 2 N–H and O–H groups in total. The largest absolute Gasteiger partial charge is 0.492 e. The predicted octanol–water partition coefficient (Wildman–Crippen LogP) is 3.96. The SMILES string of the molecule is NC(=O)N1CC2C[C@@H]1CN2CCOc1ccc(Oc2nc3cc(Cl)ccc3s2)cc1. The predicted molar refractivity (Wildman–Crippen MR) is 117 cm³/mol. The third kappa shape index (κ3) is 3.90. The van der Waals surface area contributed by atoms with Gasteiger partial charge < -0.3 is 20.1 Å². The number of piperazine rings is 1. The van der Waals surface area contributed by atoms with Crippen LogP contribution >= 0.6 is 22.9 Å². The molecule has 0 radical (unpaired) electrons. The van der Waals surface area contributed by atoms with Crippen molar-refractivity contribution in [2.75, 3.05) is 26.2 Å². The summed E-state index contributed by atoms with van der Waals surface area (Å²) in [7, 11) is 0. The minimum absolute atomic E-state index is 0.252. The zero-order valence-electron chi connectivity index (χ0n) is 16.2. The van der Waals surface area contributed by atoms with Crippen LogP contribution < -0.4 is 15.2 Å². The second-order valence-electron chi connectivity index (χ2n) is 7.54. The average Bonchev–Trinajstić information content (AvgIpc) is 3.42. The van der Waals surface area contributed by atoms with Crippen LogP contribution in [-0.4, -0.2) is 59.1 Å². The highest BCUT2D eigenvalue weighted by atomic mass is 35.5. The molecule has 7 nitrogen and oxygen atoms in total. The molecule has 1 aromatic heterocycles. The number of likely N-dealkylation sites (tertiary alicyclic amines) is 2. The maximum Gasteiger partial charge on any atom is 0.315 e. The number of carbonyl (C=O) groups excluding carboxylic acids is 1. The molecule has 2 aliphatic rings. The lowest BCUT2D eigenvalue weighted by atomic mass is 10.2. The quantitative estimate of drug-likeness (QED) is 0.622. The number of urea groups is 1. The second kappa shape index (κ2) is 7.94. The first-order chi connectivity index (χ1) is 14.5. The number of hydrogen-bond acceptors (Lipinski definition) is 6. The molecule has 0 spiro atoms. The maximum atomic E-state index is 11.4. The van der Waals surface area contributed by atoms with E-state index in [-0.39, 0.29) is 12.1 Å². The second-order valence-corrected chi connectivity index (χ2v) is 8.97. The first kappa shape index (κ1) is 19.4. The van der Waals surface area contributed by atoms with Crippen LogP contribution in [-0.2, 0) is 0 Å². The number of aromatic nitrogens is 1. The Balaban J connectivity index is 1.12. The van der Waals surface area contributed by atoms with Gasteiger partial charge in [0.15, 0.2) is 0 Å². The van der Waals surface area contributed by atoms with Crippen LogP contribution in [0.2, 0.25) is 5.02 Å². The molecule has 9 heteroatoms. The first-order valence-electron chi connectivity index (χ1n) is 9.82. The van der Waals surface area contributed by atoms with E-state index >= 15 is 0 Å². The summed E-state index contributed by atoms with van der Waals surface area (Å²) >= 11 is 7.49. The van der Waals surface area contributed by atoms with E-state index in [2.05, 4.69) is 9.88 Å². The topological polar surface area (TPSA) is 80.9 Å². The van der Waals surface area contributed by atoms with Crippen LogP contribution in [0.4, 0.5) is 4.79 Å². The highest BCUT2D eigenvalue weighted by Crippen LogP contribution is 2.33. The summed E-state index contributed by atoms with van der Waals surface area (Å²) in [6.07, 6.45) is 1.01. The molecular weight excluding hydrogens is 424 g/mol. The third-order valence-electron chi connectivity index (χ3n) is 5.64. The van der Waals surface area contributed by atoms with Crippen molar-refractivity contribution >= 4 is 39.2 Å². The zero-order chi connectivity index (χ0) is 20.7. The Bertz CT molecular complexity index is 1070. The van der Waals surface area contributed by atoms with Gasteiger partial charge in [0, 0.05) is 36.7 Å². The van der Waals surface area contributed by atoms with Crippen LogP contribution in [0, 0.1) is 0 Å². The van der Waals surface area contributed by atoms with Crippen LogP contribution in [0.5, 0.6) is 16.7 Å². The van der Waals surface area contributed by atoms with Gasteiger partial charge in [-0.3, -0.25) is 4.90 Å². The van der Waals surface area contributed by atoms with Crippen molar-refractivity contribution in [2.45, 2.75) is 18.5 Å². The van der Waals surface area contributed by atoms with Crippen LogP contribution in [0.1, 0.15) is 6.42 Å². The van der Waals surface area contributed by atoms with E-state index in [1.165, 1.54) is 11.3 Å². The number of amides is 2. The molecule has 3 aromatic rings. The van der Waals surface area contributed by atoms with Gasteiger partial charge in [-0.2, -0.15) is 0 Å². The number of halogens is 1. The number of hydrogen-bond donors (Lipinski definition) is 1. The minimum atomic E-state index is -0.310. The van der Waals surface area contributed by atoms with Gasteiger partial charge in [0.2, 0.25) is 0 Å². The lowest BCUT2D eigenvalue weighted by Gasteiger charge is -2.33. The smallest absolute Gasteiger partial charge is 0.315 e. The molecule has 2 fully saturated rings. The lowest BCUT2D eigenvalue weighted by molar-refractivity contribution is 0.127. The fraction of sp³-hybridized carbons (Fsp3) is 0.333. The zero-order valence-corrected chi connectivity index (χ0v) is 17.7. The van der Waals surface area contributed by atoms with Gasteiger partial charge in [0.05, 0.1) is 10.2 Å². The van der Waals surface area contributed by atoms with E-state index in [1.54, 1.807) is 4.90 Å². The summed E-state index contributed by atoms with van der Waals surface area (Å²) in [6, 6.07) is 13.5. The first-order valence-corrected chi connectivity index (χ1v) is 11.0. The van der Waals surface area contributed by atoms with Crippen LogP contribution in [0.15, 0.2) is 42.5 Å². The van der Waals surface area contributed by atoms with E-state index < -0.39 is 0 Å². The summed E-state index contributed by atoms with van der Waals surface area (Å²) < 4.78 is 12.8. The van der Waals surface area contributed by atoms with Crippen molar-refractivity contribution in [2.24, 2.45) is 5.73 Å². The molecule has 1 unspecified atom stereocenters. The number of rotatable bonds is 6. The number of nitrogens with two attached hydrogens (primary N) is 1. The number of benzene rings is 2. The molecule has 2 aliphatic heterocycles. The molecular formula is C21H21ClN4O3S. The highest BCUT2D eigenvalue weighted by Gasteiger charge is 2.44. The number of nitrogens with zero attached hydrogens (tertiary/aromatic N) is 3. The fourth-order valence-corrected chi connectivity index (χ4v) is 5.18. The molecule has 2 aromatic carbocycles. The summed E-state index contributed by atoms with van der Waals surface area (Å²) in [5.74, 6) is 1.50. The molecule has 2 amide bonds. The van der Waals surface area contributed by atoms with Gasteiger partial charge in [-0.15, -0.1) is 0 Å². The van der Waals surface area contributed by atoms with Gasteiger partial charge >= 0.3 is 6.03 Å². The van der Waals surface area contributed by atoms with E-state index in [9.17, 15) is 4.79 Å². The van der Waals surface area contributed by atoms with E-state index in [4.69, 9.17) is 26.8 Å². The lowest BCUT2D eigenvalue weighted by Crippen LogP contribution is -2.51. The van der Waals surface area contributed by atoms with Crippen molar-refractivity contribution in [1.29, 1.82) is 0 Å². The van der Waals surface area contributed by atoms with E-state index in [0.717, 1.165) is 42.0 Å². The molecule has 2 bridgehead atoms. The van der Waals surface area contributed by atoms with Gasteiger partial charge in [0.1, 0.15) is 18.1 Å². The monoisotopic (exact) mass is 444 g/mol. The Morgan fingerprint density at radius 1 is 1.17 bits per heavy atom. The molecule has 2 saturated heterocycles. The fourth-order valence-electron chi connectivity index (χ4n) is 4.20. The van der Waals surface area contributed by atoms with Gasteiger partial charge in [0.25, 0.3) is 5.19 Å². The van der Waals surface area contributed by atoms with Crippen LogP contribution in [0.25, 0.3) is 10.2 Å². The molecule has 156 valence electrons. The van der Waals surface area contributed by atoms with Gasteiger partial charge in [-0.05, 0) is 48.9 Å². The Morgan fingerprint density at radius 3 is 2.70 bits per heavy atom. The highest BCUT2D eigenvalue weighted by molar-refractivity contribution is 7.20. The van der Waals surface area contributed by atoms with Crippen LogP contribution in [0.3, 0.4) is 0 Å². The average molecular weight is 445 g/mol. The third-order valence-corrected chi connectivity index (χ3v) is 6.79. The molecule has 0 saturated carbocycles. The van der Waals surface area contributed by atoms with Crippen molar-refractivity contribution < 1.29 is 14.3 Å². The minimum Gasteiger partial charge on any atom is -0.492 e. The molecule has 0 aliphatic carbocycles. The molecule has 2 atom stereocenters. The van der Waals surface area contributed by atoms with Crippen molar-refractivity contribution in [1.82, 2.24) is 14.8 Å². The van der Waals surface area contributed by atoms with Crippen molar-refractivity contribution in [3.05, 3.63) is 47.5 Å². The summed E-state index contributed by atoms with van der Waals surface area (Å²) in [5, 5.41) is 1.24. The van der Waals surface area contributed by atoms with Crippen molar-refractivity contribution in [3.8, 4) is 16.7 Å². The maximum absolute atomic E-state index is 11.4. The van der Waals surface area contributed by atoms with E-state index in [0.29, 0.717) is 28.6 Å². The Labute approximate surface area is 182 Å². The Morgan fingerprint density at radius 2 is 1.97 bits per heavy atom. The number of fused-ring (bicyclic) bond motifs is 3. The number of carbonyl (C=O) groups is 1. The molecule has 30 heavy (non-hydrogen) atoms. The Hall–Kier alpha value is -2.55. The summed E-state index contributed by atoms with van der Waals surface area (Å²) in [5.41, 5.74) is 6.25. The number of thiazole rings is 1. The summed E-state index contributed by atoms with van der Waals surface area (Å²) in [4.78, 5) is 20.0. The molecule has 3 heterocycles. The number of primary amides is 1. The molecule has 5 rings (SSSR count).